The van der Waals surface area contributed by atoms with Gasteiger partial charge in [-0.05, 0) is 74.2 Å². The molecule has 200 valence electrons. The molecule has 37 heavy (non-hydrogen) atoms. The number of nitrogens with zero attached hydrogens (tertiary/aromatic N) is 2. The Morgan fingerprint density at radius 1 is 0.730 bits per heavy atom. The quantitative estimate of drug-likeness (QED) is 0.236. The number of rotatable bonds is 15. The highest BCUT2D eigenvalue weighted by Gasteiger charge is 2.23. The molecule has 0 spiro atoms. The summed E-state index contributed by atoms with van der Waals surface area (Å²) in [4.78, 5) is 17.5. The average Bonchev–Trinajstić information content (AvgIpc) is 3.26. The fourth-order valence-corrected chi connectivity index (χ4v) is 4.37. The summed E-state index contributed by atoms with van der Waals surface area (Å²) in [7, 11) is 3.72. The number of carbonyl (C=O) groups is 1. The zero-order chi connectivity index (χ0) is 26.5. The first-order valence-corrected chi connectivity index (χ1v) is 13.3. The Morgan fingerprint density at radius 2 is 1.22 bits per heavy atom. The summed E-state index contributed by atoms with van der Waals surface area (Å²) < 4.78 is 16.0. The van der Waals surface area contributed by atoms with Crippen LogP contribution in [0.2, 0.25) is 0 Å². The number of ketones is 1. The van der Waals surface area contributed by atoms with Gasteiger partial charge >= 0.3 is 0 Å². The van der Waals surface area contributed by atoms with Crippen molar-refractivity contribution < 1.29 is 19.0 Å². The van der Waals surface area contributed by atoms with Gasteiger partial charge in [0.05, 0.1) is 33.0 Å². The summed E-state index contributed by atoms with van der Waals surface area (Å²) in [6.07, 6.45) is 5.65. The largest absolute Gasteiger partial charge is 0.382 e. The third kappa shape index (κ3) is 8.85. The Balaban J connectivity index is 1.50. The lowest BCUT2D eigenvalue weighted by molar-refractivity contribution is -0.111. The van der Waals surface area contributed by atoms with Crippen molar-refractivity contribution in [2.75, 3.05) is 76.6 Å². The van der Waals surface area contributed by atoms with Crippen molar-refractivity contribution in [2.45, 2.75) is 26.7 Å². The van der Waals surface area contributed by atoms with Crippen LogP contribution in [0.25, 0.3) is 12.2 Å². The molecule has 0 N–H and O–H groups in total. The molecule has 0 unspecified atom stereocenters. The van der Waals surface area contributed by atoms with Crippen LogP contribution in [0, 0.1) is 0 Å². The van der Waals surface area contributed by atoms with E-state index in [0.717, 1.165) is 60.4 Å². The van der Waals surface area contributed by atoms with Gasteiger partial charge < -0.3 is 24.0 Å². The molecule has 1 saturated carbocycles. The maximum atomic E-state index is 13.0. The Kier molecular flexibility index (Phi) is 11.9. The third-order valence-corrected chi connectivity index (χ3v) is 6.66. The standard InChI is InChI=1S/C31H42N2O4/c1-5-33(6-2)30-15-9-26(10-16-30)24-28-12-11-27(31(28)34)23-25-7-13-29(14-8-25)32(3)17-18-36-21-22-37-20-19-35-4/h7-10,13-16,23-24H,5-6,11-12,17-22H2,1-4H3/b27-23+,28-24+. The summed E-state index contributed by atoms with van der Waals surface area (Å²) in [5, 5.41) is 0. The van der Waals surface area contributed by atoms with Gasteiger partial charge in [0.2, 0.25) is 0 Å². The minimum atomic E-state index is 0.164. The maximum absolute atomic E-state index is 13.0. The molecule has 0 amide bonds. The Labute approximate surface area is 222 Å². The molecule has 6 nitrogen and oxygen atoms in total. The van der Waals surface area contributed by atoms with Crippen LogP contribution in [-0.4, -0.2) is 72.6 Å². The molecule has 2 aromatic carbocycles. The van der Waals surface area contributed by atoms with Gasteiger partial charge in [-0.15, -0.1) is 0 Å². The van der Waals surface area contributed by atoms with Crippen LogP contribution in [0.3, 0.4) is 0 Å². The summed E-state index contributed by atoms with van der Waals surface area (Å²) in [5.41, 5.74) is 6.24. The second kappa shape index (κ2) is 15.4. The Hall–Kier alpha value is -2.93. The van der Waals surface area contributed by atoms with Crippen LogP contribution in [0.1, 0.15) is 37.8 Å². The predicted octanol–water partition coefficient (Wildman–Crippen LogP) is 5.48. The number of allylic oxidation sites excluding steroid dienone is 2. The number of Topliss-reactive ketones (excluding diaryl/α,β-unsaturated/α-hetero) is 1. The van der Waals surface area contributed by atoms with Crippen molar-refractivity contribution in [3.63, 3.8) is 0 Å². The molecule has 0 radical (unpaired) electrons. The average molecular weight is 507 g/mol. The number of hydrogen-bond acceptors (Lipinski definition) is 6. The van der Waals surface area contributed by atoms with Gasteiger partial charge in [-0.1, -0.05) is 24.3 Å². The second-order valence-corrected chi connectivity index (χ2v) is 9.16. The highest BCUT2D eigenvalue weighted by Crippen LogP contribution is 2.30. The zero-order valence-electron chi connectivity index (χ0n) is 22.9. The molecule has 1 fully saturated rings. The van der Waals surface area contributed by atoms with Crippen LogP contribution < -0.4 is 9.80 Å². The molecule has 1 aliphatic carbocycles. The lowest BCUT2D eigenvalue weighted by Gasteiger charge is -2.20. The molecule has 0 saturated heterocycles. The van der Waals surface area contributed by atoms with Crippen LogP contribution >= 0.6 is 0 Å². The molecular weight excluding hydrogens is 464 g/mol. The summed E-state index contributed by atoms with van der Waals surface area (Å²) >= 11 is 0. The summed E-state index contributed by atoms with van der Waals surface area (Å²) in [6.45, 7) is 10.1. The van der Waals surface area contributed by atoms with E-state index in [2.05, 4.69) is 79.2 Å². The van der Waals surface area contributed by atoms with Crippen molar-refractivity contribution in [1.82, 2.24) is 0 Å². The summed E-state index contributed by atoms with van der Waals surface area (Å²) in [6, 6.07) is 16.8. The van der Waals surface area contributed by atoms with Gasteiger partial charge in [-0.3, -0.25) is 4.79 Å². The molecular formula is C31H42N2O4. The van der Waals surface area contributed by atoms with Crippen molar-refractivity contribution in [3.8, 4) is 0 Å². The normalized spacial score (nSPS) is 15.6. The number of benzene rings is 2. The molecule has 3 rings (SSSR count). The molecule has 0 aliphatic heterocycles. The number of likely N-dealkylation sites (N-methyl/N-ethyl adjacent to an activating group) is 1. The third-order valence-electron chi connectivity index (χ3n) is 6.66. The lowest BCUT2D eigenvalue weighted by Crippen LogP contribution is -2.23. The van der Waals surface area contributed by atoms with E-state index in [-0.39, 0.29) is 5.78 Å². The first kappa shape index (κ1) is 28.6. The second-order valence-electron chi connectivity index (χ2n) is 9.16. The van der Waals surface area contributed by atoms with Crippen LogP contribution in [0.15, 0.2) is 59.7 Å². The van der Waals surface area contributed by atoms with E-state index in [4.69, 9.17) is 14.2 Å². The highest BCUT2D eigenvalue weighted by molar-refractivity contribution is 6.15. The minimum absolute atomic E-state index is 0.164. The molecule has 2 aromatic rings. The van der Waals surface area contributed by atoms with Crippen LogP contribution in [-0.2, 0) is 19.0 Å². The van der Waals surface area contributed by atoms with E-state index < -0.39 is 0 Å². The van der Waals surface area contributed by atoms with E-state index in [1.54, 1.807) is 7.11 Å². The van der Waals surface area contributed by atoms with Crippen LogP contribution in [0.4, 0.5) is 11.4 Å². The predicted molar refractivity (Wildman–Crippen MR) is 153 cm³/mol. The first-order chi connectivity index (χ1) is 18.0. The Morgan fingerprint density at radius 3 is 1.73 bits per heavy atom. The molecule has 0 heterocycles. The van der Waals surface area contributed by atoms with Gasteiger partial charge in [-0.25, -0.2) is 0 Å². The van der Waals surface area contributed by atoms with E-state index in [1.165, 1.54) is 5.69 Å². The van der Waals surface area contributed by atoms with E-state index >= 15 is 0 Å². The lowest BCUT2D eigenvalue weighted by atomic mass is 10.1. The molecule has 1 aliphatic rings. The van der Waals surface area contributed by atoms with E-state index in [0.29, 0.717) is 33.0 Å². The van der Waals surface area contributed by atoms with Crippen molar-refractivity contribution in [1.29, 1.82) is 0 Å². The fraction of sp³-hybridized carbons (Fsp3) is 0.452. The number of carbonyl (C=O) groups excluding carboxylic acids is 1. The minimum Gasteiger partial charge on any atom is -0.382 e. The SMILES string of the molecule is CCN(CC)c1ccc(/C=C2\CC/C(=C\c3ccc(N(C)CCOCCOCCOC)cc3)C2=O)cc1. The van der Waals surface area contributed by atoms with Gasteiger partial charge in [0.1, 0.15) is 0 Å². The van der Waals surface area contributed by atoms with Gasteiger partial charge in [0.25, 0.3) is 0 Å². The number of hydrogen-bond donors (Lipinski definition) is 0. The van der Waals surface area contributed by atoms with Crippen LogP contribution in [0.5, 0.6) is 0 Å². The van der Waals surface area contributed by atoms with Gasteiger partial charge in [0, 0.05) is 56.3 Å². The molecule has 0 atom stereocenters. The monoisotopic (exact) mass is 506 g/mol. The van der Waals surface area contributed by atoms with Gasteiger partial charge in [0.15, 0.2) is 5.78 Å². The zero-order valence-corrected chi connectivity index (χ0v) is 22.9. The highest BCUT2D eigenvalue weighted by atomic mass is 16.5. The number of anilines is 2. The molecule has 0 bridgehead atoms. The first-order valence-electron chi connectivity index (χ1n) is 13.3. The number of ether oxygens (including phenoxy) is 3. The fourth-order valence-electron chi connectivity index (χ4n) is 4.37. The van der Waals surface area contributed by atoms with E-state index in [1.807, 2.05) is 12.2 Å². The summed E-state index contributed by atoms with van der Waals surface area (Å²) in [5.74, 6) is 0.164. The maximum Gasteiger partial charge on any atom is 0.185 e. The van der Waals surface area contributed by atoms with Crippen molar-refractivity contribution in [2.24, 2.45) is 0 Å². The van der Waals surface area contributed by atoms with Gasteiger partial charge in [-0.2, -0.15) is 0 Å². The van der Waals surface area contributed by atoms with Crippen molar-refractivity contribution in [3.05, 3.63) is 70.8 Å². The topological polar surface area (TPSA) is 51.2 Å². The molecule has 6 heteroatoms. The smallest absolute Gasteiger partial charge is 0.185 e. The van der Waals surface area contributed by atoms with E-state index in [9.17, 15) is 4.79 Å². The van der Waals surface area contributed by atoms with Crippen molar-refractivity contribution >= 4 is 29.3 Å². The number of methoxy groups -OCH3 is 1. The Bertz CT molecular complexity index is 1020. The molecule has 0 aromatic heterocycles.